The molecule has 1 N–H and O–H groups in total. The second-order valence-corrected chi connectivity index (χ2v) is 9.30. The van der Waals surface area contributed by atoms with Gasteiger partial charge in [0.15, 0.2) is 0 Å². The Balaban J connectivity index is 1.90. The lowest BCUT2D eigenvalue weighted by Crippen LogP contribution is -2.42. The molecule has 0 aliphatic carbocycles. The maximum absolute atomic E-state index is 12.9. The number of hydrogen-bond donors (Lipinski definition) is 1. The molecule has 2 atom stereocenters. The summed E-state index contributed by atoms with van der Waals surface area (Å²) in [5.74, 6) is 0. The summed E-state index contributed by atoms with van der Waals surface area (Å²) < 4.78 is 55.6. The molecule has 0 amide bonds. The molecule has 3 heterocycles. The molecule has 1 aliphatic rings. The first-order valence-electron chi connectivity index (χ1n) is 8.35. The van der Waals surface area contributed by atoms with Crippen LogP contribution in [0, 0.1) is 0 Å². The number of fused-ring (bicyclic) bond motifs is 1. The molecule has 0 aromatic carbocycles. The molecule has 0 radical (unpaired) electrons. The van der Waals surface area contributed by atoms with Gasteiger partial charge in [0.25, 0.3) is 0 Å². The van der Waals surface area contributed by atoms with Crippen LogP contribution >= 0.6 is 0 Å². The molecule has 0 saturated carbocycles. The van der Waals surface area contributed by atoms with Gasteiger partial charge in [-0.25, -0.2) is 0 Å². The number of aromatic nitrogens is 3. The SMILES string of the molecule is CC(C)(C)[S+]([O-])N[C@H]1CCCn2nc(-c3ccnc(C(F)(F)F)c3)cc21. The van der Waals surface area contributed by atoms with Gasteiger partial charge < -0.3 is 4.55 Å². The highest BCUT2D eigenvalue weighted by Gasteiger charge is 2.34. The predicted molar refractivity (Wildman–Crippen MR) is 93.5 cm³/mol. The Labute approximate surface area is 153 Å². The Morgan fingerprint density at radius 3 is 2.65 bits per heavy atom. The first kappa shape index (κ1) is 19.2. The second-order valence-electron chi connectivity index (χ2n) is 7.30. The fourth-order valence-corrected chi connectivity index (χ4v) is 3.65. The van der Waals surface area contributed by atoms with E-state index in [0.717, 1.165) is 30.8 Å². The van der Waals surface area contributed by atoms with Gasteiger partial charge in [-0.2, -0.15) is 18.3 Å². The minimum absolute atomic E-state index is 0.144. The number of alkyl halides is 3. The van der Waals surface area contributed by atoms with Gasteiger partial charge in [0.2, 0.25) is 0 Å². The molecule has 142 valence electrons. The van der Waals surface area contributed by atoms with Crippen molar-refractivity contribution in [3.8, 4) is 11.3 Å². The smallest absolute Gasteiger partial charge is 0.433 e. The van der Waals surface area contributed by atoms with Crippen molar-refractivity contribution in [2.24, 2.45) is 0 Å². The standard InChI is InChI=1S/C17H21F3N4OS/c1-16(2,3)26(25)23-12-5-4-8-24-14(12)10-13(22-24)11-6-7-21-15(9-11)17(18,19)20/h6-7,9-10,12,23H,4-5,8H2,1-3H3/t12-,26?/m0/s1. The monoisotopic (exact) mass is 386 g/mol. The van der Waals surface area contributed by atoms with Crippen molar-refractivity contribution < 1.29 is 17.7 Å². The molecule has 2 aromatic heterocycles. The van der Waals surface area contributed by atoms with Gasteiger partial charge in [-0.15, -0.1) is 4.72 Å². The highest BCUT2D eigenvalue weighted by Crippen LogP contribution is 2.33. The number of hydrogen-bond acceptors (Lipinski definition) is 4. The minimum Gasteiger partial charge on any atom is -0.598 e. The summed E-state index contributed by atoms with van der Waals surface area (Å²) in [6.45, 7) is 6.35. The summed E-state index contributed by atoms with van der Waals surface area (Å²) >= 11 is -1.24. The predicted octanol–water partition coefficient (Wildman–Crippen LogP) is 3.85. The highest BCUT2D eigenvalue weighted by atomic mass is 32.2. The van der Waals surface area contributed by atoms with Crippen molar-refractivity contribution in [1.29, 1.82) is 0 Å². The van der Waals surface area contributed by atoms with E-state index in [1.165, 1.54) is 6.07 Å². The third-order valence-corrected chi connectivity index (χ3v) is 5.79. The maximum Gasteiger partial charge on any atom is 0.433 e. The lowest BCUT2D eigenvalue weighted by molar-refractivity contribution is -0.141. The lowest BCUT2D eigenvalue weighted by atomic mass is 10.0. The van der Waals surface area contributed by atoms with Gasteiger partial charge in [-0.05, 0) is 51.8 Å². The van der Waals surface area contributed by atoms with E-state index in [0.29, 0.717) is 17.8 Å². The van der Waals surface area contributed by atoms with Crippen LogP contribution in [0.2, 0.25) is 0 Å². The molecule has 2 aromatic rings. The lowest BCUT2D eigenvalue weighted by Gasteiger charge is -2.30. The number of pyridine rings is 1. The van der Waals surface area contributed by atoms with Crippen molar-refractivity contribution in [3.05, 3.63) is 35.8 Å². The summed E-state index contributed by atoms with van der Waals surface area (Å²) in [5, 5.41) is 4.45. The van der Waals surface area contributed by atoms with Gasteiger partial charge in [-0.1, -0.05) is 0 Å². The van der Waals surface area contributed by atoms with Crippen molar-refractivity contribution in [2.45, 2.75) is 57.1 Å². The summed E-state index contributed by atoms with van der Waals surface area (Å²) in [6.07, 6.45) is -1.70. The van der Waals surface area contributed by atoms with E-state index in [2.05, 4.69) is 14.8 Å². The number of halogens is 3. The fraction of sp³-hybridized carbons (Fsp3) is 0.529. The summed E-state index contributed by atoms with van der Waals surface area (Å²) in [6, 6.07) is 4.14. The summed E-state index contributed by atoms with van der Waals surface area (Å²) in [4.78, 5) is 3.39. The Kier molecular flexibility index (Phi) is 5.06. The number of nitrogens with zero attached hydrogens (tertiary/aromatic N) is 3. The van der Waals surface area contributed by atoms with Gasteiger partial charge in [0, 0.05) is 29.7 Å². The Bertz CT molecular complexity index is 785. The van der Waals surface area contributed by atoms with E-state index in [-0.39, 0.29) is 6.04 Å². The molecule has 0 bridgehead atoms. The van der Waals surface area contributed by atoms with Crippen LogP contribution in [0.5, 0.6) is 0 Å². The van der Waals surface area contributed by atoms with Gasteiger partial charge in [-0.3, -0.25) is 9.67 Å². The fourth-order valence-electron chi connectivity index (χ4n) is 2.80. The zero-order valence-electron chi connectivity index (χ0n) is 14.8. The molecule has 9 heteroatoms. The van der Waals surface area contributed by atoms with Crippen LogP contribution in [0.1, 0.15) is 51.0 Å². The molecular weight excluding hydrogens is 365 g/mol. The largest absolute Gasteiger partial charge is 0.598 e. The molecule has 0 spiro atoms. The number of rotatable bonds is 3. The zero-order valence-corrected chi connectivity index (χ0v) is 15.6. The van der Waals surface area contributed by atoms with Crippen LogP contribution in [0.15, 0.2) is 24.4 Å². The Morgan fingerprint density at radius 2 is 2.00 bits per heavy atom. The minimum atomic E-state index is -4.50. The van der Waals surface area contributed by atoms with Crippen LogP contribution in [0.3, 0.4) is 0 Å². The van der Waals surface area contributed by atoms with Crippen molar-refractivity contribution in [3.63, 3.8) is 0 Å². The topological polar surface area (TPSA) is 65.8 Å². The first-order valence-corrected chi connectivity index (χ1v) is 9.50. The van der Waals surface area contributed by atoms with Crippen molar-refractivity contribution >= 4 is 11.4 Å². The zero-order chi connectivity index (χ0) is 19.1. The van der Waals surface area contributed by atoms with Crippen molar-refractivity contribution in [2.75, 3.05) is 0 Å². The van der Waals surface area contributed by atoms with Crippen LogP contribution in [0.25, 0.3) is 11.3 Å². The van der Waals surface area contributed by atoms with E-state index in [1.807, 2.05) is 20.8 Å². The third-order valence-electron chi connectivity index (χ3n) is 4.18. The van der Waals surface area contributed by atoms with E-state index in [4.69, 9.17) is 0 Å². The third kappa shape index (κ3) is 4.05. The molecule has 5 nitrogen and oxygen atoms in total. The second kappa shape index (κ2) is 6.86. The average Bonchev–Trinajstić information content (AvgIpc) is 2.98. The van der Waals surface area contributed by atoms with E-state index < -0.39 is 28.0 Å². The molecule has 26 heavy (non-hydrogen) atoms. The molecule has 1 unspecified atom stereocenters. The van der Waals surface area contributed by atoms with E-state index >= 15 is 0 Å². The van der Waals surface area contributed by atoms with Crippen LogP contribution < -0.4 is 4.72 Å². The quantitative estimate of drug-likeness (QED) is 0.814. The van der Waals surface area contributed by atoms with Crippen LogP contribution in [0.4, 0.5) is 13.2 Å². The molecule has 1 aliphatic heterocycles. The molecule has 0 fully saturated rings. The molecule has 0 saturated heterocycles. The average molecular weight is 386 g/mol. The Morgan fingerprint density at radius 1 is 1.27 bits per heavy atom. The van der Waals surface area contributed by atoms with E-state index in [9.17, 15) is 17.7 Å². The summed E-state index contributed by atoms with van der Waals surface area (Å²) in [5.41, 5.74) is 0.728. The van der Waals surface area contributed by atoms with Gasteiger partial charge >= 0.3 is 6.18 Å². The Hall–Kier alpha value is -1.58. The van der Waals surface area contributed by atoms with E-state index in [1.54, 1.807) is 10.7 Å². The van der Waals surface area contributed by atoms with Crippen LogP contribution in [-0.4, -0.2) is 24.1 Å². The van der Waals surface area contributed by atoms with Gasteiger partial charge in [0.05, 0.1) is 17.4 Å². The van der Waals surface area contributed by atoms with Crippen LogP contribution in [-0.2, 0) is 24.1 Å². The first-order chi connectivity index (χ1) is 12.1. The van der Waals surface area contributed by atoms with Crippen molar-refractivity contribution in [1.82, 2.24) is 19.5 Å². The molecule has 3 rings (SSSR count). The molecular formula is C17H21F3N4OS. The highest BCUT2D eigenvalue weighted by molar-refractivity contribution is 7.90. The maximum atomic E-state index is 12.9. The number of aryl methyl sites for hydroxylation is 1. The van der Waals surface area contributed by atoms with Gasteiger partial charge in [0.1, 0.15) is 10.4 Å². The normalized spacial score (nSPS) is 19.3. The summed E-state index contributed by atoms with van der Waals surface area (Å²) in [7, 11) is 0. The number of nitrogens with one attached hydrogen (secondary N) is 1.